The van der Waals surface area contributed by atoms with Crippen LogP contribution < -0.4 is 4.74 Å². The normalized spacial score (nSPS) is 10.0. The summed E-state index contributed by atoms with van der Waals surface area (Å²) >= 11 is 8.08. The molecule has 0 heterocycles. The number of carbonyl (C=O) groups is 1. The Morgan fingerprint density at radius 2 is 2.21 bits per heavy atom. The predicted molar refractivity (Wildman–Crippen MR) is 65.3 cm³/mol. The molecule has 14 heavy (non-hydrogen) atoms. The Labute approximate surface area is 102 Å². The quantitative estimate of drug-likeness (QED) is 0.628. The fraction of sp³-hybridized carbons (Fsp3) is 0.300. The number of hydrogen-bond acceptors (Lipinski definition) is 2. The first kappa shape index (κ1) is 11.8. The van der Waals surface area contributed by atoms with Crippen LogP contribution in [0.5, 0.6) is 5.75 Å². The van der Waals surface area contributed by atoms with Gasteiger partial charge in [0.25, 0.3) is 0 Å². The SMILES string of the molecule is CCOc1c(Cl)cc(C(C)=O)cc1I. The van der Waals surface area contributed by atoms with Crippen molar-refractivity contribution in [2.75, 3.05) is 6.61 Å². The number of hydrogen-bond donors (Lipinski definition) is 0. The number of benzene rings is 1. The average Bonchev–Trinajstić information content (AvgIpc) is 2.10. The topological polar surface area (TPSA) is 26.3 Å². The van der Waals surface area contributed by atoms with Gasteiger partial charge in [-0.05, 0) is 48.6 Å². The van der Waals surface area contributed by atoms with Crippen molar-refractivity contribution in [2.45, 2.75) is 13.8 Å². The maximum Gasteiger partial charge on any atom is 0.159 e. The summed E-state index contributed by atoms with van der Waals surface area (Å²) in [6.07, 6.45) is 0. The van der Waals surface area contributed by atoms with Crippen LogP contribution in [0, 0.1) is 3.57 Å². The molecule has 1 aromatic rings. The van der Waals surface area contributed by atoms with Gasteiger partial charge in [0, 0.05) is 5.56 Å². The minimum atomic E-state index is 0.00728. The second-order valence-corrected chi connectivity index (χ2v) is 4.33. The molecule has 4 heteroatoms. The van der Waals surface area contributed by atoms with Gasteiger partial charge in [-0.1, -0.05) is 11.6 Å². The molecule has 0 unspecified atom stereocenters. The van der Waals surface area contributed by atoms with Crippen LogP contribution in [0.3, 0.4) is 0 Å². The molecular weight excluding hydrogens is 314 g/mol. The van der Waals surface area contributed by atoms with E-state index in [0.29, 0.717) is 22.9 Å². The van der Waals surface area contributed by atoms with Crippen LogP contribution in [0.15, 0.2) is 12.1 Å². The fourth-order valence-corrected chi connectivity index (χ4v) is 2.26. The van der Waals surface area contributed by atoms with E-state index in [-0.39, 0.29) is 5.78 Å². The summed E-state index contributed by atoms with van der Waals surface area (Å²) in [5.41, 5.74) is 0.614. The minimum absolute atomic E-state index is 0.00728. The largest absolute Gasteiger partial charge is 0.491 e. The predicted octanol–water partition coefficient (Wildman–Crippen LogP) is 3.55. The first-order valence-electron chi connectivity index (χ1n) is 4.19. The molecule has 0 atom stereocenters. The molecule has 1 rings (SSSR count). The van der Waals surface area contributed by atoms with Gasteiger partial charge in [0.15, 0.2) is 11.5 Å². The van der Waals surface area contributed by atoms with Gasteiger partial charge >= 0.3 is 0 Å². The van der Waals surface area contributed by atoms with Crippen molar-refractivity contribution in [1.82, 2.24) is 0 Å². The molecule has 0 aromatic heterocycles. The van der Waals surface area contributed by atoms with Crippen molar-refractivity contribution >= 4 is 40.0 Å². The van der Waals surface area contributed by atoms with E-state index < -0.39 is 0 Å². The molecule has 0 saturated heterocycles. The molecule has 0 fully saturated rings. The van der Waals surface area contributed by atoms with Gasteiger partial charge in [-0.3, -0.25) is 4.79 Å². The maximum atomic E-state index is 11.1. The molecule has 0 aliphatic carbocycles. The van der Waals surface area contributed by atoms with E-state index in [1.165, 1.54) is 6.92 Å². The fourth-order valence-electron chi connectivity index (χ4n) is 1.05. The van der Waals surface area contributed by atoms with Crippen molar-refractivity contribution < 1.29 is 9.53 Å². The summed E-state index contributed by atoms with van der Waals surface area (Å²) in [6, 6.07) is 3.41. The minimum Gasteiger partial charge on any atom is -0.491 e. The van der Waals surface area contributed by atoms with Crippen LogP contribution in [0.4, 0.5) is 0 Å². The van der Waals surface area contributed by atoms with E-state index in [0.717, 1.165) is 3.57 Å². The highest BCUT2D eigenvalue weighted by atomic mass is 127. The summed E-state index contributed by atoms with van der Waals surface area (Å²) in [6.45, 7) is 3.97. The van der Waals surface area contributed by atoms with Gasteiger partial charge in [0.2, 0.25) is 0 Å². The Balaban J connectivity index is 3.18. The molecule has 0 saturated carbocycles. The van der Waals surface area contributed by atoms with E-state index >= 15 is 0 Å². The number of ether oxygens (including phenoxy) is 1. The highest BCUT2D eigenvalue weighted by Crippen LogP contribution is 2.31. The second kappa shape index (κ2) is 4.98. The van der Waals surface area contributed by atoms with Crippen LogP contribution in [0.25, 0.3) is 0 Å². The second-order valence-electron chi connectivity index (χ2n) is 2.76. The number of carbonyl (C=O) groups excluding carboxylic acids is 1. The summed E-state index contributed by atoms with van der Waals surface area (Å²) in [7, 11) is 0. The van der Waals surface area contributed by atoms with Gasteiger partial charge < -0.3 is 4.74 Å². The molecule has 2 nitrogen and oxygen atoms in total. The third kappa shape index (κ3) is 2.60. The number of halogens is 2. The van der Waals surface area contributed by atoms with Crippen molar-refractivity contribution in [2.24, 2.45) is 0 Å². The molecule has 0 radical (unpaired) electrons. The van der Waals surface area contributed by atoms with Crippen LogP contribution in [-0.4, -0.2) is 12.4 Å². The van der Waals surface area contributed by atoms with Gasteiger partial charge in [0.05, 0.1) is 15.2 Å². The number of rotatable bonds is 3. The van der Waals surface area contributed by atoms with Crippen molar-refractivity contribution in [1.29, 1.82) is 0 Å². The zero-order chi connectivity index (χ0) is 10.7. The van der Waals surface area contributed by atoms with E-state index in [2.05, 4.69) is 22.6 Å². The monoisotopic (exact) mass is 324 g/mol. The Kier molecular flexibility index (Phi) is 4.19. The van der Waals surface area contributed by atoms with E-state index in [4.69, 9.17) is 16.3 Å². The van der Waals surface area contributed by atoms with Crippen LogP contribution >= 0.6 is 34.2 Å². The molecule has 0 spiro atoms. The number of Topliss-reactive ketones (excluding diaryl/α,β-unsaturated/α-hetero) is 1. The average molecular weight is 325 g/mol. The van der Waals surface area contributed by atoms with Gasteiger partial charge in [-0.2, -0.15) is 0 Å². The van der Waals surface area contributed by atoms with Crippen LogP contribution in [0.2, 0.25) is 5.02 Å². The van der Waals surface area contributed by atoms with Crippen LogP contribution in [-0.2, 0) is 0 Å². The van der Waals surface area contributed by atoms with Gasteiger partial charge in [-0.25, -0.2) is 0 Å². The first-order chi connectivity index (χ1) is 6.56. The standard InChI is InChI=1S/C10H10ClIO2/c1-3-14-10-8(11)4-7(6(2)13)5-9(10)12/h4-5H,3H2,1-2H3. The maximum absolute atomic E-state index is 11.1. The lowest BCUT2D eigenvalue weighted by Crippen LogP contribution is -1.98. The van der Waals surface area contributed by atoms with Gasteiger partial charge in [0.1, 0.15) is 0 Å². The Morgan fingerprint density at radius 1 is 1.57 bits per heavy atom. The van der Waals surface area contributed by atoms with Crippen LogP contribution in [0.1, 0.15) is 24.2 Å². The molecule has 0 bridgehead atoms. The third-order valence-corrected chi connectivity index (χ3v) is 2.78. The molecule has 0 amide bonds. The lowest BCUT2D eigenvalue weighted by Gasteiger charge is -2.09. The highest BCUT2D eigenvalue weighted by molar-refractivity contribution is 14.1. The zero-order valence-electron chi connectivity index (χ0n) is 7.93. The van der Waals surface area contributed by atoms with E-state index in [9.17, 15) is 4.79 Å². The van der Waals surface area contributed by atoms with Gasteiger partial charge in [-0.15, -0.1) is 0 Å². The molecule has 0 N–H and O–H groups in total. The summed E-state index contributed by atoms with van der Waals surface area (Å²) in [4.78, 5) is 11.1. The molecule has 76 valence electrons. The van der Waals surface area contributed by atoms with E-state index in [1.54, 1.807) is 12.1 Å². The lowest BCUT2D eigenvalue weighted by atomic mass is 10.1. The smallest absolute Gasteiger partial charge is 0.159 e. The van der Waals surface area contributed by atoms with Crippen molar-refractivity contribution in [3.63, 3.8) is 0 Å². The lowest BCUT2D eigenvalue weighted by molar-refractivity contribution is 0.101. The molecule has 0 aliphatic rings. The molecular formula is C10H10ClIO2. The zero-order valence-corrected chi connectivity index (χ0v) is 10.8. The summed E-state index contributed by atoms with van der Waals surface area (Å²) < 4.78 is 6.21. The summed E-state index contributed by atoms with van der Waals surface area (Å²) in [5, 5.41) is 0.490. The van der Waals surface area contributed by atoms with E-state index in [1.807, 2.05) is 6.92 Å². The summed E-state index contributed by atoms with van der Waals surface area (Å²) in [5.74, 6) is 0.660. The Morgan fingerprint density at radius 3 is 2.64 bits per heavy atom. The number of ketones is 1. The first-order valence-corrected chi connectivity index (χ1v) is 5.64. The third-order valence-electron chi connectivity index (χ3n) is 1.69. The molecule has 0 aliphatic heterocycles. The Bertz CT molecular complexity index is 340. The Hall–Kier alpha value is -0.290. The molecule has 1 aromatic carbocycles. The van der Waals surface area contributed by atoms with Crippen molar-refractivity contribution in [3.8, 4) is 5.75 Å². The van der Waals surface area contributed by atoms with Crippen molar-refractivity contribution in [3.05, 3.63) is 26.3 Å². The highest BCUT2D eigenvalue weighted by Gasteiger charge is 2.10.